The second-order valence-electron chi connectivity index (χ2n) is 5.52. The topological polar surface area (TPSA) is 80.0 Å². The third kappa shape index (κ3) is 4.63. The second kappa shape index (κ2) is 6.92. The molecule has 5 heteroatoms. The van der Waals surface area contributed by atoms with Gasteiger partial charge < -0.3 is 16.4 Å². The van der Waals surface area contributed by atoms with Crippen molar-refractivity contribution >= 4 is 28.3 Å². The Balaban J connectivity index is 1.86. The predicted octanol–water partition coefficient (Wildman–Crippen LogP) is 2.39. The monoisotopic (exact) mass is 286 g/mol. The number of nitrogen functional groups attached to an aromatic ring is 1. The fraction of sp³-hybridized carbons (Fsp3) is 0.375. The first-order valence-corrected chi connectivity index (χ1v) is 7.21. The second-order valence-corrected chi connectivity index (χ2v) is 5.52. The number of benzene rings is 1. The third-order valence-corrected chi connectivity index (χ3v) is 3.08. The van der Waals surface area contributed by atoms with Crippen molar-refractivity contribution < 1.29 is 4.79 Å². The maximum atomic E-state index is 11.6. The molecule has 1 amide bonds. The van der Waals surface area contributed by atoms with Crippen molar-refractivity contribution in [2.75, 3.05) is 24.1 Å². The fourth-order valence-electron chi connectivity index (χ4n) is 1.95. The lowest BCUT2D eigenvalue weighted by atomic mass is 10.2. The van der Waals surface area contributed by atoms with Crippen LogP contribution in [-0.4, -0.2) is 24.0 Å². The minimum Gasteiger partial charge on any atom is -0.399 e. The molecule has 0 radical (unpaired) electrons. The van der Waals surface area contributed by atoms with Gasteiger partial charge in [-0.05, 0) is 36.2 Å². The lowest BCUT2D eigenvalue weighted by Gasteiger charge is -2.09. The van der Waals surface area contributed by atoms with Gasteiger partial charge in [-0.15, -0.1) is 0 Å². The highest BCUT2D eigenvalue weighted by Crippen LogP contribution is 2.17. The van der Waals surface area contributed by atoms with E-state index in [-0.39, 0.29) is 5.91 Å². The molecule has 4 N–H and O–H groups in total. The summed E-state index contributed by atoms with van der Waals surface area (Å²) in [4.78, 5) is 16.1. The van der Waals surface area contributed by atoms with Crippen LogP contribution in [0.5, 0.6) is 0 Å². The molecular weight excluding hydrogens is 264 g/mol. The number of fused-ring (bicyclic) bond motifs is 1. The Labute approximate surface area is 124 Å². The van der Waals surface area contributed by atoms with Gasteiger partial charge in [0.15, 0.2) is 0 Å². The average Bonchev–Trinajstić information content (AvgIpc) is 2.45. The van der Waals surface area contributed by atoms with Crippen LogP contribution in [0.4, 0.5) is 11.5 Å². The zero-order valence-electron chi connectivity index (χ0n) is 12.5. The van der Waals surface area contributed by atoms with E-state index in [2.05, 4.69) is 29.5 Å². The number of hydrogen-bond donors (Lipinski definition) is 3. The van der Waals surface area contributed by atoms with Gasteiger partial charge in [0.2, 0.25) is 5.91 Å². The number of pyridine rings is 1. The number of rotatable bonds is 6. The van der Waals surface area contributed by atoms with Crippen LogP contribution < -0.4 is 16.4 Å². The van der Waals surface area contributed by atoms with Gasteiger partial charge in [-0.2, -0.15) is 0 Å². The zero-order chi connectivity index (χ0) is 15.2. The molecule has 21 heavy (non-hydrogen) atoms. The van der Waals surface area contributed by atoms with Gasteiger partial charge in [0.25, 0.3) is 0 Å². The summed E-state index contributed by atoms with van der Waals surface area (Å²) in [6.45, 7) is 5.43. The van der Waals surface area contributed by atoms with Crippen molar-refractivity contribution in [1.29, 1.82) is 0 Å². The highest BCUT2D eigenvalue weighted by molar-refractivity contribution is 5.83. The average molecular weight is 286 g/mol. The molecule has 0 aliphatic carbocycles. The molecule has 0 aliphatic heterocycles. The van der Waals surface area contributed by atoms with Gasteiger partial charge in [-0.3, -0.25) is 4.79 Å². The number of amides is 1. The Morgan fingerprint density at radius 3 is 2.86 bits per heavy atom. The molecule has 2 rings (SSSR count). The van der Waals surface area contributed by atoms with Crippen molar-refractivity contribution in [3.8, 4) is 0 Å². The Bertz CT molecular complexity index is 625. The number of nitrogens with two attached hydrogens (primary N) is 1. The summed E-state index contributed by atoms with van der Waals surface area (Å²) in [5.74, 6) is 1.30. The largest absolute Gasteiger partial charge is 0.399 e. The van der Waals surface area contributed by atoms with Crippen molar-refractivity contribution in [1.82, 2.24) is 10.3 Å². The predicted molar refractivity (Wildman–Crippen MR) is 87.1 cm³/mol. The number of hydrogen-bond acceptors (Lipinski definition) is 4. The minimum absolute atomic E-state index is 0.0600. The molecule has 0 saturated carbocycles. The molecule has 1 heterocycles. The maximum absolute atomic E-state index is 11.6. The van der Waals surface area contributed by atoms with Crippen LogP contribution in [0.1, 0.15) is 20.3 Å². The van der Waals surface area contributed by atoms with Crippen LogP contribution in [-0.2, 0) is 4.79 Å². The van der Waals surface area contributed by atoms with Crippen molar-refractivity contribution in [2.45, 2.75) is 20.3 Å². The van der Waals surface area contributed by atoms with E-state index in [0.29, 0.717) is 25.4 Å². The van der Waals surface area contributed by atoms with Gasteiger partial charge in [0.1, 0.15) is 5.82 Å². The summed E-state index contributed by atoms with van der Waals surface area (Å²) in [6.07, 6.45) is 0.439. The third-order valence-electron chi connectivity index (χ3n) is 3.08. The summed E-state index contributed by atoms with van der Waals surface area (Å²) in [7, 11) is 0. The highest BCUT2D eigenvalue weighted by atomic mass is 16.1. The van der Waals surface area contributed by atoms with Crippen LogP contribution in [0, 0.1) is 5.92 Å². The summed E-state index contributed by atoms with van der Waals surface area (Å²) >= 11 is 0. The lowest BCUT2D eigenvalue weighted by Crippen LogP contribution is -2.28. The van der Waals surface area contributed by atoms with Crippen LogP contribution in [0.2, 0.25) is 0 Å². The first-order valence-electron chi connectivity index (χ1n) is 7.21. The van der Waals surface area contributed by atoms with Crippen molar-refractivity contribution in [3.05, 3.63) is 30.3 Å². The van der Waals surface area contributed by atoms with E-state index in [1.807, 2.05) is 30.3 Å². The summed E-state index contributed by atoms with van der Waals surface area (Å²) in [5.41, 5.74) is 7.35. The van der Waals surface area contributed by atoms with Gasteiger partial charge in [0, 0.05) is 30.6 Å². The number of carbonyl (C=O) groups excluding carboxylic acids is 1. The Hall–Kier alpha value is -2.30. The molecular formula is C16H22N4O. The minimum atomic E-state index is 0.0600. The Morgan fingerprint density at radius 1 is 1.29 bits per heavy atom. The molecule has 2 aromatic rings. The van der Waals surface area contributed by atoms with Crippen molar-refractivity contribution in [2.24, 2.45) is 5.92 Å². The fourth-order valence-corrected chi connectivity index (χ4v) is 1.95. The van der Waals surface area contributed by atoms with Crippen LogP contribution in [0.25, 0.3) is 10.9 Å². The molecule has 1 aromatic carbocycles. The maximum Gasteiger partial charge on any atom is 0.221 e. The SMILES string of the molecule is CC(C)CNC(=O)CCNc1ccc2cc(N)ccc2n1. The van der Waals surface area contributed by atoms with Crippen LogP contribution in [0.3, 0.4) is 0 Å². The normalized spacial score (nSPS) is 10.8. The van der Waals surface area contributed by atoms with E-state index in [4.69, 9.17) is 5.73 Å². The smallest absolute Gasteiger partial charge is 0.221 e. The van der Waals surface area contributed by atoms with Gasteiger partial charge >= 0.3 is 0 Å². The quantitative estimate of drug-likeness (QED) is 0.712. The Morgan fingerprint density at radius 2 is 2.10 bits per heavy atom. The van der Waals surface area contributed by atoms with E-state index in [9.17, 15) is 4.79 Å². The molecule has 112 valence electrons. The summed E-state index contributed by atoms with van der Waals surface area (Å²) in [5, 5.41) is 7.07. The van der Waals surface area contributed by atoms with E-state index < -0.39 is 0 Å². The highest BCUT2D eigenvalue weighted by Gasteiger charge is 2.03. The van der Waals surface area contributed by atoms with Crippen LogP contribution >= 0.6 is 0 Å². The molecule has 0 fully saturated rings. The number of carbonyl (C=O) groups is 1. The first kappa shape index (κ1) is 15.1. The van der Waals surface area contributed by atoms with E-state index in [1.54, 1.807) is 0 Å². The number of aromatic nitrogens is 1. The van der Waals surface area contributed by atoms with Gasteiger partial charge in [0.05, 0.1) is 5.52 Å². The van der Waals surface area contributed by atoms with Gasteiger partial charge in [-0.25, -0.2) is 4.98 Å². The van der Waals surface area contributed by atoms with E-state index in [0.717, 1.165) is 22.4 Å². The Kier molecular flexibility index (Phi) is 4.98. The number of anilines is 2. The molecule has 0 aliphatic rings. The first-order chi connectivity index (χ1) is 10.0. The number of nitrogens with one attached hydrogen (secondary N) is 2. The lowest BCUT2D eigenvalue weighted by molar-refractivity contribution is -0.120. The molecule has 0 bridgehead atoms. The molecule has 0 atom stereocenters. The molecule has 0 saturated heterocycles. The molecule has 0 spiro atoms. The molecule has 0 unspecified atom stereocenters. The summed E-state index contributed by atoms with van der Waals surface area (Å²) in [6, 6.07) is 9.49. The van der Waals surface area contributed by atoms with E-state index >= 15 is 0 Å². The van der Waals surface area contributed by atoms with E-state index in [1.165, 1.54) is 0 Å². The number of nitrogens with zero attached hydrogens (tertiary/aromatic N) is 1. The molecule has 1 aromatic heterocycles. The van der Waals surface area contributed by atoms with Gasteiger partial charge in [-0.1, -0.05) is 13.8 Å². The zero-order valence-corrected chi connectivity index (χ0v) is 12.5. The molecule has 5 nitrogen and oxygen atoms in total. The summed E-state index contributed by atoms with van der Waals surface area (Å²) < 4.78 is 0. The van der Waals surface area contributed by atoms with Crippen molar-refractivity contribution in [3.63, 3.8) is 0 Å². The standard InChI is InChI=1S/C16H22N4O/c1-11(2)10-19-16(21)7-8-18-15-6-3-12-9-13(17)4-5-14(12)20-15/h3-6,9,11H,7-8,10,17H2,1-2H3,(H,18,20)(H,19,21). The van der Waals surface area contributed by atoms with Crippen LogP contribution in [0.15, 0.2) is 30.3 Å².